The number of aliphatic carboxylic acids is 1. The molecule has 4 fully saturated rings. The van der Waals surface area contributed by atoms with E-state index in [-0.39, 0.29) is 64.1 Å². The van der Waals surface area contributed by atoms with Crippen LogP contribution in [0.2, 0.25) is 5.02 Å². The zero-order chi connectivity index (χ0) is 38.4. The van der Waals surface area contributed by atoms with E-state index in [1.165, 1.54) is 0 Å². The Balaban J connectivity index is 1.30. The maximum atomic E-state index is 14.8. The first-order chi connectivity index (χ1) is 24.1. The van der Waals surface area contributed by atoms with Crippen LogP contribution in [0.5, 0.6) is 0 Å². The number of nitrogens with zero attached hydrogens (tertiary/aromatic N) is 1. The van der Waals surface area contributed by atoms with E-state index in [4.69, 9.17) is 16.3 Å². The lowest BCUT2D eigenvalue weighted by molar-refractivity contribution is -0.233. The van der Waals surface area contributed by atoms with E-state index in [9.17, 15) is 24.3 Å². The van der Waals surface area contributed by atoms with Crippen LogP contribution >= 0.6 is 11.6 Å². The average Bonchev–Trinajstić information content (AvgIpc) is 3.36. The summed E-state index contributed by atoms with van der Waals surface area (Å²) in [5, 5.41) is 10.3. The average molecular weight is 736 g/mol. The third-order valence-electron chi connectivity index (χ3n) is 15.9. The number of hydrogen-bond acceptors (Lipinski definition) is 5. The first-order valence-electron chi connectivity index (χ1n) is 19.8. The second-order valence-electron chi connectivity index (χ2n) is 19.7. The van der Waals surface area contributed by atoms with E-state index in [1.807, 2.05) is 36.2 Å². The van der Waals surface area contributed by atoms with Crippen molar-refractivity contribution in [2.45, 2.75) is 139 Å². The van der Waals surface area contributed by atoms with E-state index in [2.05, 4.69) is 48.5 Å². The largest absolute Gasteiger partial charge is 0.481 e. The third kappa shape index (κ3) is 5.71. The van der Waals surface area contributed by atoms with Crippen molar-refractivity contribution in [3.05, 3.63) is 46.0 Å². The minimum atomic E-state index is -1.17. The molecule has 286 valence electrons. The number of halogens is 1. The second kappa shape index (κ2) is 13.0. The van der Waals surface area contributed by atoms with Gasteiger partial charge in [0.2, 0.25) is 5.91 Å². The summed E-state index contributed by atoms with van der Waals surface area (Å²) in [7, 11) is 1.87. The summed E-state index contributed by atoms with van der Waals surface area (Å²) >= 11 is 6.54. The monoisotopic (exact) mass is 735 g/mol. The topological polar surface area (TPSA) is 101 Å². The Morgan fingerprint density at radius 1 is 0.942 bits per heavy atom. The minimum absolute atomic E-state index is 0.00563. The first kappa shape index (κ1) is 39.0. The van der Waals surface area contributed by atoms with Gasteiger partial charge < -0.3 is 14.7 Å². The fourth-order valence-corrected chi connectivity index (χ4v) is 13.2. The molecule has 0 heterocycles. The molecule has 6 rings (SSSR count). The Hall–Kier alpha value is -2.67. The number of rotatable bonds is 8. The van der Waals surface area contributed by atoms with E-state index >= 15 is 0 Å². The van der Waals surface area contributed by atoms with Gasteiger partial charge in [0.15, 0.2) is 5.78 Å². The molecular weight excluding hydrogens is 674 g/mol. The lowest BCUT2D eigenvalue weighted by Gasteiger charge is -2.72. The Morgan fingerprint density at radius 3 is 2.25 bits per heavy atom. The van der Waals surface area contributed by atoms with Crippen LogP contribution in [0.3, 0.4) is 0 Å². The highest BCUT2D eigenvalue weighted by atomic mass is 35.5. The van der Waals surface area contributed by atoms with Crippen molar-refractivity contribution in [1.29, 1.82) is 0 Å². The van der Waals surface area contributed by atoms with Crippen LogP contribution in [0.4, 0.5) is 0 Å². The SMILES string of the molecule is CC(C)C1=C2[C@H]3CC[C@@H]4[C@@]5(C)CC[C@H](OC(=O)CC(C)(C)C(=O)O)C(C)(C)[C@@H]5CC[C@@]4(C)[C@]3(C)CC[C@@]2(C(=O)N(C)Cc2ccccc2Cl)CC1=O. The van der Waals surface area contributed by atoms with Gasteiger partial charge in [0.05, 0.1) is 17.3 Å². The van der Waals surface area contributed by atoms with Crippen molar-refractivity contribution in [2.24, 2.45) is 56.2 Å². The quantitative estimate of drug-likeness (QED) is 0.267. The molecule has 5 aliphatic carbocycles. The molecule has 0 aliphatic heterocycles. The zero-order valence-corrected chi connectivity index (χ0v) is 34.0. The van der Waals surface area contributed by atoms with Gasteiger partial charge in [-0.2, -0.15) is 0 Å². The number of Topliss-reactive ketones (excluding diaryl/α,β-unsaturated/α-hetero) is 1. The van der Waals surface area contributed by atoms with Crippen molar-refractivity contribution in [1.82, 2.24) is 4.90 Å². The van der Waals surface area contributed by atoms with Gasteiger partial charge in [0, 0.05) is 30.5 Å². The number of carbonyl (C=O) groups excluding carboxylic acids is 3. The van der Waals surface area contributed by atoms with Crippen molar-refractivity contribution < 1.29 is 29.0 Å². The summed E-state index contributed by atoms with van der Waals surface area (Å²) in [6.07, 6.45) is 7.24. The van der Waals surface area contributed by atoms with E-state index in [0.717, 1.165) is 61.7 Å². The number of ether oxygens (including phenoxy) is 1. The molecule has 52 heavy (non-hydrogen) atoms. The Kier molecular flexibility index (Phi) is 9.74. The number of amides is 1. The summed E-state index contributed by atoms with van der Waals surface area (Å²) < 4.78 is 6.16. The van der Waals surface area contributed by atoms with Crippen LogP contribution in [0.1, 0.15) is 132 Å². The predicted octanol–water partition coefficient (Wildman–Crippen LogP) is 9.69. The van der Waals surface area contributed by atoms with Crippen molar-refractivity contribution >= 4 is 35.2 Å². The summed E-state index contributed by atoms with van der Waals surface area (Å²) in [6, 6.07) is 7.68. The standard InChI is InChI=1S/C44H62ClNO6/c1-26(2)35-30(47)23-44(37(49)46(10)25-27-13-11-12-14-29(27)45)22-21-42(8)28(36(35)44)15-16-32-41(7)19-18-33(52-34(48)24-39(3,4)38(50)51)40(5,6)31(41)17-20-43(32,42)9/h11-14,26,28,31-33H,15-25H2,1-10H3,(H,50,51)/t28-,31+,32-,33+,41+,42-,43-,44-/m1/s1. The molecule has 1 amide bonds. The summed E-state index contributed by atoms with van der Waals surface area (Å²) in [4.78, 5) is 55.6. The summed E-state index contributed by atoms with van der Waals surface area (Å²) in [5.74, 6) is -0.218. The molecule has 1 N–H and O–H groups in total. The molecule has 1 aromatic rings. The molecule has 4 saturated carbocycles. The third-order valence-corrected chi connectivity index (χ3v) is 16.3. The van der Waals surface area contributed by atoms with Crippen molar-refractivity contribution in [3.8, 4) is 0 Å². The van der Waals surface area contributed by atoms with Gasteiger partial charge in [-0.15, -0.1) is 0 Å². The van der Waals surface area contributed by atoms with Gasteiger partial charge >= 0.3 is 11.9 Å². The lowest BCUT2D eigenvalue weighted by atomic mass is 9.33. The molecule has 0 unspecified atom stereocenters. The number of carboxylic acid groups (broad SMARTS) is 1. The van der Waals surface area contributed by atoms with Crippen LogP contribution in [-0.4, -0.2) is 46.8 Å². The number of hydrogen-bond donors (Lipinski definition) is 1. The van der Waals surface area contributed by atoms with Crippen LogP contribution in [0.25, 0.3) is 0 Å². The number of benzene rings is 1. The Morgan fingerprint density at radius 2 is 1.62 bits per heavy atom. The highest BCUT2D eigenvalue weighted by molar-refractivity contribution is 6.31. The molecule has 8 atom stereocenters. The van der Waals surface area contributed by atoms with Gasteiger partial charge in [-0.3, -0.25) is 19.2 Å². The summed E-state index contributed by atoms with van der Waals surface area (Å²) in [5.41, 5.74) is 0.695. The highest BCUT2D eigenvalue weighted by Gasteiger charge is 2.71. The van der Waals surface area contributed by atoms with Crippen LogP contribution in [0.15, 0.2) is 35.4 Å². The van der Waals surface area contributed by atoms with E-state index in [1.54, 1.807) is 13.8 Å². The van der Waals surface area contributed by atoms with Crippen LogP contribution < -0.4 is 0 Å². The fraction of sp³-hybridized carbons (Fsp3) is 0.727. The lowest BCUT2D eigenvalue weighted by Crippen LogP contribution is -2.66. The van der Waals surface area contributed by atoms with Crippen LogP contribution in [-0.2, 0) is 30.5 Å². The predicted molar refractivity (Wildman–Crippen MR) is 203 cm³/mol. The number of carboxylic acids is 1. The smallest absolute Gasteiger partial charge is 0.309 e. The van der Waals surface area contributed by atoms with Gasteiger partial charge in [-0.1, -0.05) is 78.3 Å². The zero-order valence-electron chi connectivity index (χ0n) is 33.3. The molecular formula is C44H62ClNO6. The molecule has 0 radical (unpaired) electrons. The molecule has 5 aliphatic rings. The van der Waals surface area contributed by atoms with Crippen molar-refractivity contribution in [2.75, 3.05) is 7.05 Å². The van der Waals surface area contributed by atoms with E-state index < -0.39 is 22.8 Å². The molecule has 8 heteroatoms. The number of esters is 1. The van der Waals surface area contributed by atoms with Gasteiger partial charge in [0.25, 0.3) is 0 Å². The van der Waals surface area contributed by atoms with Crippen molar-refractivity contribution in [3.63, 3.8) is 0 Å². The normalized spacial score (nSPS) is 36.7. The highest BCUT2D eigenvalue weighted by Crippen LogP contribution is 2.77. The number of allylic oxidation sites excluding steroid dienone is 1. The fourth-order valence-electron chi connectivity index (χ4n) is 13.0. The maximum absolute atomic E-state index is 14.8. The molecule has 0 spiro atoms. The number of ketones is 1. The Bertz CT molecular complexity index is 1690. The second-order valence-corrected chi connectivity index (χ2v) is 20.1. The maximum Gasteiger partial charge on any atom is 0.309 e. The molecule has 0 bridgehead atoms. The van der Waals surface area contributed by atoms with E-state index in [0.29, 0.717) is 29.8 Å². The Labute approximate surface area is 316 Å². The van der Waals surface area contributed by atoms with Gasteiger partial charge in [-0.05, 0) is 128 Å². The molecule has 0 aromatic heterocycles. The minimum Gasteiger partial charge on any atom is -0.481 e. The first-order valence-corrected chi connectivity index (χ1v) is 20.1. The van der Waals surface area contributed by atoms with Gasteiger partial charge in [0.1, 0.15) is 6.10 Å². The number of fused-ring (bicyclic) bond motifs is 7. The van der Waals surface area contributed by atoms with Crippen LogP contribution in [0, 0.1) is 56.2 Å². The summed E-state index contributed by atoms with van der Waals surface area (Å²) in [6.45, 7) is 19.8. The van der Waals surface area contributed by atoms with Gasteiger partial charge in [-0.25, -0.2) is 0 Å². The molecule has 1 aromatic carbocycles. The number of carbonyl (C=O) groups is 4. The molecule has 0 saturated heterocycles. The molecule has 7 nitrogen and oxygen atoms in total.